The van der Waals surface area contributed by atoms with Crippen molar-refractivity contribution in [3.8, 4) is 5.75 Å². The normalized spacial score (nSPS) is 10.6. The molecular weight excluding hydrogens is 262 g/mol. The van der Waals surface area contributed by atoms with Gasteiger partial charge < -0.3 is 26.0 Å². The summed E-state index contributed by atoms with van der Waals surface area (Å²) in [4.78, 5) is 13.6. The summed E-state index contributed by atoms with van der Waals surface area (Å²) >= 11 is 0. The number of carbonyl (C=O) groups excluding carboxylic acids is 1. The smallest absolute Gasteiger partial charge is 0.238 e. The van der Waals surface area contributed by atoms with Crippen LogP contribution in [0.5, 0.6) is 5.75 Å². The molecule has 0 fully saturated rings. The molecule has 20 heavy (non-hydrogen) atoms. The number of rotatable bonds is 8. The molecule has 1 aromatic carbocycles. The molecule has 0 aromatic heterocycles. The summed E-state index contributed by atoms with van der Waals surface area (Å²) in [7, 11) is 1.49. The lowest BCUT2D eigenvalue weighted by molar-refractivity contribution is -0.117. The van der Waals surface area contributed by atoms with E-state index in [-0.39, 0.29) is 25.7 Å². The fourth-order valence-electron chi connectivity index (χ4n) is 1.76. The number of amides is 1. The molecule has 0 heterocycles. The summed E-state index contributed by atoms with van der Waals surface area (Å²) < 4.78 is 5.14. The van der Waals surface area contributed by atoms with E-state index < -0.39 is 0 Å². The third-order valence-electron chi connectivity index (χ3n) is 2.70. The van der Waals surface area contributed by atoms with Crippen LogP contribution in [0.3, 0.4) is 0 Å². The first-order valence-electron chi connectivity index (χ1n) is 6.28. The van der Waals surface area contributed by atoms with Crippen LogP contribution in [0, 0.1) is 0 Å². The van der Waals surface area contributed by atoms with Gasteiger partial charge in [-0.2, -0.15) is 0 Å². The number of benzene rings is 1. The Morgan fingerprint density at radius 3 is 2.55 bits per heavy atom. The average molecular weight is 283 g/mol. The quantitative estimate of drug-likeness (QED) is 0.479. The summed E-state index contributed by atoms with van der Waals surface area (Å²) in [6, 6.07) is 4.95. The first-order valence-corrected chi connectivity index (χ1v) is 6.28. The fourth-order valence-corrected chi connectivity index (χ4v) is 1.76. The van der Waals surface area contributed by atoms with E-state index in [0.29, 0.717) is 30.2 Å². The summed E-state index contributed by atoms with van der Waals surface area (Å²) in [5, 5.41) is 20.5. The molecule has 0 bridgehead atoms. The SMILES string of the molecule is COc1cc(N)ccc1NC(=O)CN(CCO)CCO. The predicted octanol–water partition coefficient (Wildman–Crippen LogP) is -0.497. The zero-order valence-electron chi connectivity index (χ0n) is 11.5. The van der Waals surface area contributed by atoms with Crippen molar-refractivity contribution in [3.63, 3.8) is 0 Å². The Hall–Kier alpha value is -1.83. The van der Waals surface area contributed by atoms with Crippen molar-refractivity contribution >= 4 is 17.3 Å². The molecule has 1 rings (SSSR count). The first-order chi connectivity index (χ1) is 9.60. The van der Waals surface area contributed by atoms with Crippen LogP contribution in [-0.4, -0.2) is 61.0 Å². The van der Waals surface area contributed by atoms with Crippen LogP contribution in [0.25, 0.3) is 0 Å². The summed E-state index contributed by atoms with van der Waals surface area (Å²) in [6.45, 7) is 0.589. The van der Waals surface area contributed by atoms with Gasteiger partial charge in [0.15, 0.2) is 0 Å². The van der Waals surface area contributed by atoms with Gasteiger partial charge in [-0.05, 0) is 12.1 Å². The van der Waals surface area contributed by atoms with E-state index in [9.17, 15) is 4.79 Å². The molecule has 0 aliphatic heterocycles. The number of nitrogens with zero attached hydrogens (tertiary/aromatic N) is 1. The number of nitrogens with one attached hydrogen (secondary N) is 1. The van der Waals surface area contributed by atoms with Gasteiger partial charge in [-0.25, -0.2) is 0 Å². The molecule has 7 nitrogen and oxygen atoms in total. The predicted molar refractivity (Wildman–Crippen MR) is 76.6 cm³/mol. The molecule has 0 saturated carbocycles. The number of aliphatic hydroxyl groups is 2. The summed E-state index contributed by atoms with van der Waals surface area (Å²) in [5.74, 6) is 0.226. The van der Waals surface area contributed by atoms with Crippen molar-refractivity contribution in [1.82, 2.24) is 4.90 Å². The van der Waals surface area contributed by atoms with Crippen molar-refractivity contribution in [2.75, 3.05) is 51.0 Å². The van der Waals surface area contributed by atoms with Gasteiger partial charge in [0.1, 0.15) is 5.75 Å². The molecule has 112 valence electrons. The van der Waals surface area contributed by atoms with E-state index in [1.165, 1.54) is 7.11 Å². The maximum absolute atomic E-state index is 11.9. The van der Waals surface area contributed by atoms with E-state index in [1.54, 1.807) is 23.1 Å². The highest BCUT2D eigenvalue weighted by molar-refractivity contribution is 5.94. The average Bonchev–Trinajstić information content (AvgIpc) is 2.41. The molecule has 0 aliphatic carbocycles. The number of carbonyl (C=O) groups is 1. The third-order valence-corrected chi connectivity index (χ3v) is 2.70. The van der Waals surface area contributed by atoms with Crippen molar-refractivity contribution in [2.24, 2.45) is 0 Å². The van der Waals surface area contributed by atoms with Crippen molar-refractivity contribution in [2.45, 2.75) is 0 Å². The minimum atomic E-state index is -0.255. The van der Waals surface area contributed by atoms with Crippen LogP contribution in [0.2, 0.25) is 0 Å². The molecule has 5 N–H and O–H groups in total. The first kappa shape index (κ1) is 16.2. The van der Waals surface area contributed by atoms with E-state index in [0.717, 1.165) is 0 Å². The molecule has 0 radical (unpaired) electrons. The van der Waals surface area contributed by atoms with Gasteiger partial charge in [0, 0.05) is 24.8 Å². The highest BCUT2D eigenvalue weighted by atomic mass is 16.5. The molecule has 0 spiro atoms. The maximum Gasteiger partial charge on any atom is 0.238 e. The standard InChI is InChI=1S/C13H21N3O4/c1-20-12-8-10(14)2-3-11(12)15-13(19)9-16(4-6-17)5-7-18/h2-3,8,17-18H,4-7,9,14H2,1H3,(H,15,19). The molecule has 0 saturated heterocycles. The number of anilines is 2. The van der Waals surface area contributed by atoms with Crippen LogP contribution in [0.4, 0.5) is 11.4 Å². The van der Waals surface area contributed by atoms with E-state index in [1.807, 2.05) is 0 Å². The summed E-state index contributed by atoms with van der Waals surface area (Å²) in [5.41, 5.74) is 6.71. The highest BCUT2D eigenvalue weighted by Gasteiger charge is 2.12. The Morgan fingerprint density at radius 1 is 1.35 bits per heavy atom. The van der Waals surface area contributed by atoms with E-state index in [2.05, 4.69) is 5.32 Å². The molecule has 0 unspecified atom stereocenters. The Bertz CT molecular complexity index is 434. The van der Waals surface area contributed by atoms with Gasteiger partial charge in [-0.3, -0.25) is 9.69 Å². The fraction of sp³-hybridized carbons (Fsp3) is 0.462. The molecule has 0 aliphatic rings. The molecule has 1 amide bonds. The van der Waals surface area contributed by atoms with Crippen LogP contribution >= 0.6 is 0 Å². The van der Waals surface area contributed by atoms with Crippen molar-refractivity contribution < 1.29 is 19.7 Å². The minimum absolute atomic E-state index is 0.0710. The Kier molecular flexibility index (Phi) is 6.78. The second kappa shape index (κ2) is 8.36. The van der Waals surface area contributed by atoms with Gasteiger partial charge in [0.2, 0.25) is 5.91 Å². The van der Waals surface area contributed by atoms with Crippen LogP contribution in [0.1, 0.15) is 0 Å². The zero-order chi connectivity index (χ0) is 15.0. The Balaban J connectivity index is 2.65. The van der Waals surface area contributed by atoms with Gasteiger partial charge in [-0.1, -0.05) is 0 Å². The Labute approximate surface area is 117 Å². The van der Waals surface area contributed by atoms with Gasteiger partial charge in [-0.15, -0.1) is 0 Å². The van der Waals surface area contributed by atoms with E-state index in [4.69, 9.17) is 20.7 Å². The van der Waals surface area contributed by atoms with Gasteiger partial charge in [0.05, 0.1) is 32.6 Å². The van der Waals surface area contributed by atoms with Crippen LogP contribution in [-0.2, 0) is 4.79 Å². The van der Waals surface area contributed by atoms with Gasteiger partial charge >= 0.3 is 0 Å². The van der Waals surface area contributed by atoms with E-state index >= 15 is 0 Å². The number of nitrogens with two attached hydrogens (primary N) is 1. The number of hydrogen-bond donors (Lipinski definition) is 4. The largest absolute Gasteiger partial charge is 0.494 e. The van der Waals surface area contributed by atoms with Crippen molar-refractivity contribution in [1.29, 1.82) is 0 Å². The van der Waals surface area contributed by atoms with Gasteiger partial charge in [0.25, 0.3) is 0 Å². The monoisotopic (exact) mass is 283 g/mol. The lowest BCUT2D eigenvalue weighted by atomic mass is 10.2. The highest BCUT2D eigenvalue weighted by Crippen LogP contribution is 2.26. The van der Waals surface area contributed by atoms with Crippen molar-refractivity contribution in [3.05, 3.63) is 18.2 Å². The molecule has 1 aromatic rings. The summed E-state index contributed by atoms with van der Waals surface area (Å²) in [6.07, 6.45) is 0. The molecule has 7 heteroatoms. The molecule has 0 atom stereocenters. The molecular formula is C13H21N3O4. The number of methoxy groups -OCH3 is 1. The lowest BCUT2D eigenvalue weighted by Gasteiger charge is -2.19. The minimum Gasteiger partial charge on any atom is -0.494 e. The van der Waals surface area contributed by atoms with Crippen LogP contribution in [0.15, 0.2) is 18.2 Å². The number of ether oxygens (including phenoxy) is 1. The van der Waals surface area contributed by atoms with Crippen LogP contribution < -0.4 is 15.8 Å². The number of nitrogen functional groups attached to an aromatic ring is 1. The topological polar surface area (TPSA) is 108 Å². The zero-order valence-corrected chi connectivity index (χ0v) is 11.5. The number of aliphatic hydroxyl groups excluding tert-OH is 2. The lowest BCUT2D eigenvalue weighted by Crippen LogP contribution is -2.37. The second-order valence-corrected chi connectivity index (χ2v) is 4.23. The second-order valence-electron chi connectivity index (χ2n) is 4.23. The Morgan fingerprint density at radius 2 is 2.00 bits per heavy atom. The third kappa shape index (κ3) is 5.04. The number of hydrogen-bond acceptors (Lipinski definition) is 6. The maximum atomic E-state index is 11.9.